The smallest absolute Gasteiger partial charge is 0.318 e. The first kappa shape index (κ1) is 17.9. The van der Waals surface area contributed by atoms with Crippen LogP contribution in [0.3, 0.4) is 0 Å². The molecule has 0 spiro atoms. The third-order valence-electron chi connectivity index (χ3n) is 2.91. The first-order valence-corrected chi connectivity index (χ1v) is 7.70. The van der Waals surface area contributed by atoms with E-state index < -0.39 is 0 Å². The highest BCUT2D eigenvalue weighted by Crippen LogP contribution is 2.27. The molecule has 0 heterocycles. The zero-order chi connectivity index (χ0) is 17.5. The summed E-state index contributed by atoms with van der Waals surface area (Å²) in [5, 5.41) is 8.57. The summed E-state index contributed by atoms with van der Waals surface area (Å²) in [4.78, 5) is 23.1. The number of benzene rings is 2. The van der Waals surface area contributed by atoms with Crippen LogP contribution in [0.5, 0.6) is 5.75 Å². The molecule has 24 heavy (non-hydrogen) atoms. The molecule has 0 saturated heterocycles. The van der Waals surface area contributed by atoms with E-state index in [4.69, 9.17) is 27.9 Å². The van der Waals surface area contributed by atoms with Gasteiger partial charge in [0.2, 0.25) is 0 Å². The highest BCUT2D eigenvalue weighted by molar-refractivity contribution is 6.34. The third kappa shape index (κ3) is 5.33. The lowest BCUT2D eigenvalue weighted by atomic mass is 10.3. The van der Waals surface area contributed by atoms with Crippen LogP contribution in [0, 0.1) is 0 Å². The van der Waals surface area contributed by atoms with E-state index in [1.807, 2.05) is 0 Å². The summed E-state index contributed by atoms with van der Waals surface area (Å²) in [5.74, 6) is -0.0116. The molecule has 2 rings (SSSR count). The molecule has 3 amide bonds. The number of halogens is 2. The molecule has 3 N–H and O–H groups in total. The molecule has 0 unspecified atom stereocenters. The molecule has 0 aromatic heterocycles. The number of ether oxygens (including phenoxy) is 1. The van der Waals surface area contributed by atoms with Crippen molar-refractivity contribution in [3.05, 3.63) is 52.5 Å². The fraction of sp³-hybridized carbons (Fsp3) is 0.125. The van der Waals surface area contributed by atoms with Gasteiger partial charge in [-0.05, 0) is 36.4 Å². The summed E-state index contributed by atoms with van der Waals surface area (Å²) in [7, 11) is 1.52. The zero-order valence-electron chi connectivity index (χ0n) is 12.7. The van der Waals surface area contributed by atoms with Crippen LogP contribution >= 0.6 is 23.2 Å². The van der Waals surface area contributed by atoms with E-state index in [1.54, 1.807) is 36.4 Å². The average Bonchev–Trinajstić information content (AvgIpc) is 2.57. The molecular formula is C16H15Cl2N3O3. The van der Waals surface area contributed by atoms with Gasteiger partial charge in [0.1, 0.15) is 5.75 Å². The molecule has 0 aliphatic rings. The largest absolute Gasteiger partial charge is 0.482 e. The predicted octanol–water partition coefficient (Wildman–Crippen LogP) is 3.76. The van der Waals surface area contributed by atoms with Crippen molar-refractivity contribution in [1.82, 2.24) is 5.32 Å². The Kier molecular flexibility index (Phi) is 6.28. The molecule has 0 radical (unpaired) electrons. The second-order valence-electron chi connectivity index (χ2n) is 4.69. The lowest BCUT2D eigenvalue weighted by Gasteiger charge is -2.10. The first-order chi connectivity index (χ1) is 11.5. The Morgan fingerprint density at radius 3 is 2.25 bits per heavy atom. The third-order valence-corrected chi connectivity index (χ3v) is 3.45. The Balaban J connectivity index is 1.88. The van der Waals surface area contributed by atoms with Gasteiger partial charge in [0.15, 0.2) is 6.61 Å². The Labute approximate surface area is 149 Å². The molecule has 126 valence electrons. The van der Waals surface area contributed by atoms with Crippen molar-refractivity contribution in [3.8, 4) is 5.75 Å². The predicted molar refractivity (Wildman–Crippen MR) is 95.1 cm³/mol. The fourth-order valence-corrected chi connectivity index (χ4v) is 2.09. The van der Waals surface area contributed by atoms with Crippen LogP contribution < -0.4 is 20.7 Å². The number of hydrogen-bond donors (Lipinski definition) is 3. The normalized spacial score (nSPS) is 9.96. The van der Waals surface area contributed by atoms with Crippen molar-refractivity contribution in [3.63, 3.8) is 0 Å². The molecule has 0 saturated carbocycles. The number of amides is 3. The van der Waals surface area contributed by atoms with Crippen LogP contribution in [-0.2, 0) is 4.79 Å². The molecule has 8 heteroatoms. The van der Waals surface area contributed by atoms with Crippen LogP contribution in [0.25, 0.3) is 0 Å². The van der Waals surface area contributed by atoms with Crippen LogP contribution in [0.15, 0.2) is 42.5 Å². The highest BCUT2D eigenvalue weighted by atomic mass is 35.5. The summed E-state index contributed by atoms with van der Waals surface area (Å²) in [6.45, 7) is -0.210. The van der Waals surface area contributed by atoms with Crippen molar-refractivity contribution in [2.45, 2.75) is 0 Å². The molecule has 0 aliphatic carbocycles. The molecular weight excluding hydrogens is 353 g/mol. The summed E-state index contributed by atoms with van der Waals surface area (Å²) < 4.78 is 5.35. The number of nitrogens with one attached hydrogen (secondary N) is 3. The minimum Gasteiger partial charge on any atom is -0.482 e. The molecule has 2 aromatic carbocycles. The van der Waals surface area contributed by atoms with Gasteiger partial charge in [0, 0.05) is 29.5 Å². The Morgan fingerprint density at radius 1 is 1.00 bits per heavy atom. The van der Waals surface area contributed by atoms with Gasteiger partial charge in [0.05, 0.1) is 5.02 Å². The first-order valence-electron chi connectivity index (χ1n) is 6.94. The van der Waals surface area contributed by atoms with Crippen LogP contribution in [-0.4, -0.2) is 25.6 Å². The summed E-state index contributed by atoms with van der Waals surface area (Å²) in [6.07, 6.45) is 0. The van der Waals surface area contributed by atoms with Crippen molar-refractivity contribution in [2.24, 2.45) is 0 Å². The van der Waals surface area contributed by atoms with Gasteiger partial charge >= 0.3 is 6.03 Å². The van der Waals surface area contributed by atoms with Gasteiger partial charge in [-0.25, -0.2) is 4.79 Å². The average molecular weight is 368 g/mol. The summed E-state index contributed by atoms with van der Waals surface area (Å²) in [6, 6.07) is 11.1. The SMILES string of the molecule is CNC(=O)Nc1ccc(NC(=O)COc2cc(Cl)ccc2Cl)cc1. The van der Waals surface area contributed by atoms with Crippen molar-refractivity contribution >= 4 is 46.5 Å². The van der Waals surface area contributed by atoms with Crippen LogP contribution in [0.4, 0.5) is 16.2 Å². The lowest BCUT2D eigenvalue weighted by Crippen LogP contribution is -2.24. The number of carbonyl (C=O) groups is 2. The number of rotatable bonds is 5. The van der Waals surface area contributed by atoms with E-state index in [-0.39, 0.29) is 18.5 Å². The van der Waals surface area contributed by atoms with E-state index in [2.05, 4.69) is 16.0 Å². The Hall–Kier alpha value is -2.44. The lowest BCUT2D eigenvalue weighted by molar-refractivity contribution is -0.118. The second-order valence-corrected chi connectivity index (χ2v) is 5.54. The van der Waals surface area contributed by atoms with Crippen LogP contribution in [0.2, 0.25) is 10.0 Å². The number of anilines is 2. The fourth-order valence-electron chi connectivity index (χ4n) is 1.76. The molecule has 0 atom stereocenters. The van der Waals surface area contributed by atoms with E-state index in [0.29, 0.717) is 27.2 Å². The number of hydrogen-bond acceptors (Lipinski definition) is 3. The minimum atomic E-state index is -0.349. The molecule has 0 aliphatic heterocycles. The van der Waals surface area contributed by atoms with E-state index in [1.165, 1.54) is 13.1 Å². The van der Waals surface area contributed by atoms with Gasteiger partial charge in [-0.2, -0.15) is 0 Å². The number of urea groups is 1. The molecule has 0 fully saturated rings. The molecule has 6 nitrogen and oxygen atoms in total. The Morgan fingerprint density at radius 2 is 1.62 bits per heavy atom. The van der Waals surface area contributed by atoms with Gasteiger partial charge in [-0.1, -0.05) is 23.2 Å². The van der Waals surface area contributed by atoms with Gasteiger partial charge < -0.3 is 20.7 Å². The van der Waals surface area contributed by atoms with E-state index in [9.17, 15) is 9.59 Å². The zero-order valence-corrected chi connectivity index (χ0v) is 14.2. The maximum atomic E-state index is 11.9. The maximum absolute atomic E-state index is 11.9. The Bertz CT molecular complexity index is 736. The van der Waals surface area contributed by atoms with Crippen molar-refractivity contribution in [1.29, 1.82) is 0 Å². The van der Waals surface area contributed by atoms with Gasteiger partial charge in [-0.3, -0.25) is 4.79 Å². The minimum absolute atomic E-state index is 0.210. The van der Waals surface area contributed by atoms with Gasteiger partial charge in [0.25, 0.3) is 5.91 Å². The van der Waals surface area contributed by atoms with E-state index in [0.717, 1.165) is 0 Å². The second kappa shape index (κ2) is 8.42. The summed E-state index contributed by atoms with van der Waals surface area (Å²) >= 11 is 11.8. The van der Waals surface area contributed by atoms with Crippen molar-refractivity contribution < 1.29 is 14.3 Å². The monoisotopic (exact) mass is 367 g/mol. The summed E-state index contributed by atoms with van der Waals surface area (Å²) in [5.41, 5.74) is 1.18. The topological polar surface area (TPSA) is 79.5 Å². The molecule has 2 aromatic rings. The standard InChI is InChI=1S/C16H15Cl2N3O3/c1-19-16(23)21-12-5-3-11(4-6-12)20-15(22)9-24-14-8-10(17)2-7-13(14)18/h2-8H,9H2,1H3,(H,20,22)(H2,19,21,23). The quantitative estimate of drug-likeness (QED) is 0.752. The van der Waals surface area contributed by atoms with Crippen molar-refractivity contribution in [2.75, 3.05) is 24.3 Å². The van der Waals surface area contributed by atoms with Crippen LogP contribution in [0.1, 0.15) is 0 Å². The van der Waals surface area contributed by atoms with Gasteiger partial charge in [-0.15, -0.1) is 0 Å². The maximum Gasteiger partial charge on any atom is 0.318 e. The number of carbonyl (C=O) groups excluding carboxylic acids is 2. The van der Waals surface area contributed by atoms with E-state index >= 15 is 0 Å². The molecule has 0 bridgehead atoms. The highest BCUT2D eigenvalue weighted by Gasteiger charge is 2.07.